The molecule has 1 aromatic carbocycles. The van der Waals surface area contributed by atoms with Gasteiger partial charge in [-0.1, -0.05) is 6.07 Å². The van der Waals surface area contributed by atoms with Crippen LogP contribution >= 0.6 is 11.6 Å². The Bertz CT molecular complexity index is 867. The van der Waals surface area contributed by atoms with Crippen LogP contribution in [0.1, 0.15) is 13.0 Å². The van der Waals surface area contributed by atoms with Gasteiger partial charge in [0, 0.05) is 0 Å². The first-order valence-electron chi connectivity index (χ1n) is 6.00. The fourth-order valence-corrected chi connectivity index (χ4v) is 1.88. The molecular weight excluding hydrogens is 318 g/mol. The van der Waals surface area contributed by atoms with Crippen LogP contribution in [0.4, 0.5) is 4.79 Å². The van der Waals surface area contributed by atoms with Crippen LogP contribution in [0.25, 0.3) is 11.0 Å². The maximum atomic E-state index is 12.3. The monoisotopic (exact) mass is 327 g/mol. The van der Waals surface area contributed by atoms with Gasteiger partial charge in [-0.15, -0.1) is 0 Å². The number of halogens is 1. The summed E-state index contributed by atoms with van der Waals surface area (Å²) in [5, 5.41) is -0.943. The van der Waals surface area contributed by atoms with Crippen molar-refractivity contribution in [2.45, 2.75) is 13.0 Å². The van der Waals surface area contributed by atoms with E-state index in [1.54, 1.807) is 0 Å². The van der Waals surface area contributed by atoms with Crippen molar-refractivity contribution in [2.75, 3.05) is 7.11 Å². The molecule has 1 atom stereocenters. The lowest BCUT2D eigenvalue weighted by Crippen LogP contribution is -2.37. The van der Waals surface area contributed by atoms with E-state index in [9.17, 15) is 19.2 Å². The van der Waals surface area contributed by atoms with Crippen molar-refractivity contribution in [2.24, 2.45) is 0 Å². The summed E-state index contributed by atoms with van der Waals surface area (Å²) in [5.74, 6) is -1.25. The predicted molar refractivity (Wildman–Crippen MR) is 75.3 cm³/mol. The Hall–Kier alpha value is -2.61. The smallest absolute Gasteiger partial charge is 0.437 e. The lowest BCUT2D eigenvalue weighted by Gasteiger charge is -2.10. The summed E-state index contributed by atoms with van der Waals surface area (Å²) < 4.78 is 14.7. The fourth-order valence-electron chi connectivity index (χ4n) is 1.79. The second-order valence-corrected chi connectivity index (χ2v) is 4.58. The molecule has 2 rings (SSSR count). The van der Waals surface area contributed by atoms with Crippen LogP contribution in [0.3, 0.4) is 0 Å². The van der Waals surface area contributed by atoms with Crippen LogP contribution in [0.5, 0.6) is 5.75 Å². The Balaban J connectivity index is 2.74. The van der Waals surface area contributed by atoms with Gasteiger partial charge in [-0.25, -0.2) is 14.2 Å². The molecule has 22 heavy (non-hydrogen) atoms. The molecule has 0 aliphatic rings. The summed E-state index contributed by atoms with van der Waals surface area (Å²) in [6.45, 7) is 1.29. The number of methoxy groups -OCH3 is 1. The molecule has 0 unspecified atom stereocenters. The number of carbonyl (C=O) groups excluding carboxylic acids is 2. The molecule has 0 spiro atoms. The Morgan fingerprint density at radius 3 is 2.59 bits per heavy atom. The molecule has 0 bridgehead atoms. The molecule has 9 heteroatoms. The average Bonchev–Trinajstić information content (AvgIpc) is 2.47. The van der Waals surface area contributed by atoms with Crippen molar-refractivity contribution in [1.29, 1.82) is 0 Å². The highest BCUT2D eigenvalue weighted by molar-refractivity contribution is 6.64. The first-order valence-corrected chi connectivity index (χ1v) is 6.38. The number of carbonyl (C=O) groups is 2. The summed E-state index contributed by atoms with van der Waals surface area (Å²) in [4.78, 5) is 46.6. The molecule has 1 aromatic heterocycles. The minimum atomic E-state index is -1.19. The number of para-hydroxylation sites is 1. The van der Waals surface area contributed by atoms with E-state index in [1.165, 1.54) is 25.1 Å². The van der Waals surface area contributed by atoms with E-state index in [2.05, 4.69) is 4.74 Å². The standard InChI is InChI=1S/C13H10ClNO7/c1-6(10(14)16)15-11(17)7-4-3-5-8(21-13(19)20-2)9(7)22-12(15)18/h3-6H,1-2H3/t6-/m0/s1. The summed E-state index contributed by atoms with van der Waals surface area (Å²) in [5.41, 5.74) is -1.02. The molecule has 0 radical (unpaired) electrons. The Morgan fingerprint density at radius 2 is 2.00 bits per heavy atom. The predicted octanol–water partition coefficient (Wildman–Crippen LogP) is 1.43. The number of aromatic nitrogens is 1. The number of hydrogen-bond donors (Lipinski definition) is 0. The molecule has 1 heterocycles. The lowest BCUT2D eigenvalue weighted by atomic mass is 10.2. The van der Waals surface area contributed by atoms with Gasteiger partial charge in [0.15, 0.2) is 11.3 Å². The van der Waals surface area contributed by atoms with E-state index in [4.69, 9.17) is 20.8 Å². The highest BCUT2D eigenvalue weighted by Gasteiger charge is 2.21. The Morgan fingerprint density at radius 1 is 1.32 bits per heavy atom. The number of nitrogens with zero attached hydrogens (tertiary/aromatic N) is 1. The van der Waals surface area contributed by atoms with E-state index in [1.807, 2.05) is 0 Å². The number of fused-ring (bicyclic) bond motifs is 1. The van der Waals surface area contributed by atoms with E-state index in [-0.39, 0.29) is 16.7 Å². The third-order valence-electron chi connectivity index (χ3n) is 2.89. The Kier molecular flexibility index (Phi) is 4.32. The second-order valence-electron chi connectivity index (χ2n) is 4.21. The molecule has 0 aliphatic carbocycles. The Labute approximate surface area is 127 Å². The molecule has 0 saturated carbocycles. The summed E-state index contributed by atoms with van der Waals surface area (Å²) in [6.07, 6.45) is -1.04. The first kappa shape index (κ1) is 15.8. The van der Waals surface area contributed by atoms with E-state index >= 15 is 0 Å². The molecule has 0 fully saturated rings. The van der Waals surface area contributed by atoms with Crippen molar-refractivity contribution in [1.82, 2.24) is 4.57 Å². The zero-order chi connectivity index (χ0) is 16.4. The number of benzene rings is 1. The quantitative estimate of drug-likeness (QED) is 0.477. The molecular formula is C13H10ClNO7. The zero-order valence-corrected chi connectivity index (χ0v) is 12.2. The SMILES string of the molecule is COC(=O)Oc1cccc2c(=O)n([C@@H](C)C(=O)Cl)c(=O)oc12. The molecule has 0 aliphatic heterocycles. The number of ether oxygens (including phenoxy) is 2. The van der Waals surface area contributed by atoms with Crippen molar-refractivity contribution >= 4 is 34.0 Å². The minimum absolute atomic E-state index is 0.0502. The van der Waals surface area contributed by atoms with E-state index in [0.29, 0.717) is 4.57 Å². The highest BCUT2D eigenvalue weighted by atomic mass is 35.5. The summed E-state index contributed by atoms with van der Waals surface area (Å²) >= 11 is 5.31. The van der Waals surface area contributed by atoms with Gasteiger partial charge < -0.3 is 13.9 Å². The molecule has 116 valence electrons. The third-order valence-corrected chi connectivity index (χ3v) is 3.21. The van der Waals surface area contributed by atoms with Gasteiger partial charge in [0.1, 0.15) is 6.04 Å². The summed E-state index contributed by atoms with van der Waals surface area (Å²) in [7, 11) is 1.10. The maximum absolute atomic E-state index is 12.3. The average molecular weight is 328 g/mol. The van der Waals surface area contributed by atoms with Gasteiger partial charge in [0.05, 0.1) is 12.5 Å². The van der Waals surface area contributed by atoms with Crippen LogP contribution in [-0.4, -0.2) is 23.1 Å². The van der Waals surface area contributed by atoms with Crippen molar-refractivity contribution < 1.29 is 23.5 Å². The largest absolute Gasteiger partial charge is 0.513 e. The lowest BCUT2D eigenvalue weighted by molar-refractivity contribution is -0.114. The van der Waals surface area contributed by atoms with Crippen molar-refractivity contribution in [3.05, 3.63) is 39.1 Å². The zero-order valence-electron chi connectivity index (χ0n) is 11.5. The normalized spacial score (nSPS) is 12.0. The fraction of sp³-hybridized carbons (Fsp3) is 0.231. The molecule has 8 nitrogen and oxygen atoms in total. The van der Waals surface area contributed by atoms with Crippen LogP contribution in [0.15, 0.2) is 32.2 Å². The van der Waals surface area contributed by atoms with Crippen molar-refractivity contribution in [3.63, 3.8) is 0 Å². The van der Waals surface area contributed by atoms with Crippen LogP contribution < -0.4 is 16.1 Å². The van der Waals surface area contributed by atoms with Gasteiger partial charge in [-0.05, 0) is 30.7 Å². The third kappa shape index (κ3) is 2.73. The van der Waals surface area contributed by atoms with Crippen LogP contribution in [-0.2, 0) is 9.53 Å². The molecule has 0 amide bonds. The first-order chi connectivity index (χ1) is 10.4. The summed E-state index contributed by atoms with van der Waals surface area (Å²) in [6, 6.07) is 2.90. The van der Waals surface area contributed by atoms with Gasteiger partial charge in [0.2, 0.25) is 5.24 Å². The molecule has 0 saturated heterocycles. The number of rotatable bonds is 3. The van der Waals surface area contributed by atoms with Gasteiger partial charge in [0.25, 0.3) is 5.56 Å². The minimum Gasteiger partial charge on any atom is -0.437 e. The second kappa shape index (κ2) is 6.02. The molecule has 2 aromatic rings. The van der Waals surface area contributed by atoms with E-state index < -0.39 is 28.8 Å². The van der Waals surface area contributed by atoms with Gasteiger partial charge in [-0.3, -0.25) is 9.59 Å². The van der Waals surface area contributed by atoms with E-state index in [0.717, 1.165) is 7.11 Å². The van der Waals surface area contributed by atoms with Crippen LogP contribution in [0, 0.1) is 0 Å². The topological polar surface area (TPSA) is 105 Å². The number of hydrogen-bond acceptors (Lipinski definition) is 7. The molecule has 0 N–H and O–H groups in total. The van der Waals surface area contributed by atoms with Crippen molar-refractivity contribution in [3.8, 4) is 5.75 Å². The highest BCUT2D eigenvalue weighted by Crippen LogP contribution is 2.23. The van der Waals surface area contributed by atoms with Gasteiger partial charge >= 0.3 is 11.9 Å². The van der Waals surface area contributed by atoms with Crippen LogP contribution in [0.2, 0.25) is 0 Å². The maximum Gasteiger partial charge on any atom is 0.513 e. The van der Waals surface area contributed by atoms with Gasteiger partial charge in [-0.2, -0.15) is 0 Å².